The minimum absolute atomic E-state index is 0.0399. The van der Waals surface area contributed by atoms with Gasteiger partial charge < -0.3 is 15.2 Å². The highest BCUT2D eigenvalue weighted by Crippen LogP contribution is 2.14. The quantitative estimate of drug-likeness (QED) is 0.710. The van der Waals surface area contributed by atoms with Crippen molar-refractivity contribution in [2.45, 2.75) is 39.7 Å². The van der Waals surface area contributed by atoms with Gasteiger partial charge in [0.05, 0.1) is 6.61 Å². The molecule has 0 amide bonds. The van der Waals surface area contributed by atoms with Crippen molar-refractivity contribution < 1.29 is 14.6 Å². The van der Waals surface area contributed by atoms with E-state index in [1.807, 2.05) is 6.92 Å². The number of nitrogens with one attached hydrogen (secondary N) is 1. The van der Waals surface area contributed by atoms with Crippen molar-refractivity contribution in [3.63, 3.8) is 0 Å². The van der Waals surface area contributed by atoms with E-state index in [9.17, 15) is 4.79 Å². The van der Waals surface area contributed by atoms with Crippen molar-refractivity contribution in [3.05, 3.63) is 5.28 Å². The number of halogens is 1. The van der Waals surface area contributed by atoms with Gasteiger partial charge in [-0.3, -0.25) is 0 Å². The molecule has 0 saturated heterocycles. The Kier molecular flexibility index (Phi) is 6.44. The molecule has 0 aliphatic rings. The molecule has 1 rings (SSSR count). The molecule has 0 unspecified atom stereocenters. The van der Waals surface area contributed by atoms with E-state index in [1.54, 1.807) is 13.8 Å². The lowest BCUT2D eigenvalue weighted by Crippen LogP contribution is -2.35. The highest BCUT2D eigenvalue weighted by atomic mass is 35.5. The second kappa shape index (κ2) is 7.84. The largest absolute Gasteiger partial charge is 0.480 e. The van der Waals surface area contributed by atoms with Crippen LogP contribution in [0.5, 0.6) is 6.01 Å². The van der Waals surface area contributed by atoms with Gasteiger partial charge in [0, 0.05) is 0 Å². The Morgan fingerprint density at radius 3 is 2.65 bits per heavy atom. The molecule has 7 nitrogen and oxygen atoms in total. The van der Waals surface area contributed by atoms with Gasteiger partial charge in [0.1, 0.15) is 6.04 Å². The van der Waals surface area contributed by atoms with Crippen LogP contribution in [-0.2, 0) is 4.79 Å². The molecule has 0 saturated carbocycles. The molecule has 0 aliphatic heterocycles. The molecule has 0 spiro atoms. The van der Waals surface area contributed by atoms with E-state index < -0.39 is 12.0 Å². The molecular formula is C12H19ClN4O3. The first-order valence-electron chi connectivity index (χ1n) is 6.47. The summed E-state index contributed by atoms with van der Waals surface area (Å²) in [5.74, 6) is -1.02. The lowest BCUT2D eigenvalue weighted by molar-refractivity contribution is -0.138. The number of hydrogen-bond acceptors (Lipinski definition) is 6. The Morgan fingerprint density at radius 2 is 2.10 bits per heavy atom. The fraction of sp³-hybridized carbons (Fsp3) is 0.667. The minimum atomic E-state index is -0.981. The van der Waals surface area contributed by atoms with E-state index in [-0.39, 0.29) is 23.2 Å². The first-order valence-corrected chi connectivity index (χ1v) is 6.85. The Hall–Kier alpha value is -1.63. The van der Waals surface area contributed by atoms with E-state index in [0.717, 1.165) is 12.8 Å². The number of anilines is 1. The summed E-state index contributed by atoms with van der Waals surface area (Å²) in [5.41, 5.74) is 0. The Bertz CT molecular complexity index is 456. The van der Waals surface area contributed by atoms with Gasteiger partial charge in [0.25, 0.3) is 0 Å². The summed E-state index contributed by atoms with van der Waals surface area (Å²) < 4.78 is 5.34. The van der Waals surface area contributed by atoms with Gasteiger partial charge in [-0.15, -0.1) is 0 Å². The van der Waals surface area contributed by atoms with Crippen LogP contribution < -0.4 is 10.1 Å². The molecule has 1 atom stereocenters. The number of ether oxygens (including phenoxy) is 1. The van der Waals surface area contributed by atoms with Gasteiger partial charge >= 0.3 is 12.0 Å². The van der Waals surface area contributed by atoms with Crippen LogP contribution in [0, 0.1) is 5.92 Å². The van der Waals surface area contributed by atoms with E-state index in [2.05, 4.69) is 20.3 Å². The topological polar surface area (TPSA) is 97.2 Å². The summed E-state index contributed by atoms with van der Waals surface area (Å²) in [6.45, 7) is 6.08. The van der Waals surface area contributed by atoms with Crippen molar-refractivity contribution in [3.8, 4) is 6.01 Å². The lowest BCUT2D eigenvalue weighted by Gasteiger charge is -2.17. The molecule has 8 heteroatoms. The van der Waals surface area contributed by atoms with Gasteiger partial charge in [-0.1, -0.05) is 27.2 Å². The Labute approximate surface area is 122 Å². The van der Waals surface area contributed by atoms with Crippen molar-refractivity contribution in [1.82, 2.24) is 15.0 Å². The highest BCUT2D eigenvalue weighted by molar-refractivity contribution is 6.28. The van der Waals surface area contributed by atoms with Crippen LogP contribution in [0.15, 0.2) is 0 Å². The highest BCUT2D eigenvalue weighted by Gasteiger charge is 2.22. The van der Waals surface area contributed by atoms with Crippen molar-refractivity contribution in [2.75, 3.05) is 11.9 Å². The van der Waals surface area contributed by atoms with Crippen LogP contribution in [0.25, 0.3) is 0 Å². The van der Waals surface area contributed by atoms with E-state index >= 15 is 0 Å². The smallest absolute Gasteiger partial charge is 0.326 e. The fourth-order valence-corrected chi connectivity index (χ4v) is 1.57. The zero-order chi connectivity index (χ0) is 15.1. The SMILES string of the molecule is CCCCOc1nc(Cl)nc(N[C@H](C(=O)O)C(C)C)n1. The van der Waals surface area contributed by atoms with E-state index in [4.69, 9.17) is 21.4 Å². The van der Waals surface area contributed by atoms with Crippen LogP contribution in [0.2, 0.25) is 5.28 Å². The van der Waals surface area contributed by atoms with E-state index in [1.165, 1.54) is 0 Å². The van der Waals surface area contributed by atoms with Crippen LogP contribution in [-0.4, -0.2) is 38.7 Å². The molecule has 1 aromatic heterocycles. The van der Waals surface area contributed by atoms with Gasteiger partial charge in [-0.05, 0) is 23.9 Å². The molecule has 0 aliphatic carbocycles. The second-order valence-electron chi connectivity index (χ2n) is 4.62. The van der Waals surface area contributed by atoms with Crippen LogP contribution in [0.1, 0.15) is 33.6 Å². The molecule has 0 aromatic carbocycles. The predicted octanol–water partition coefficient (Wildman–Crippen LogP) is 2.22. The van der Waals surface area contributed by atoms with Gasteiger partial charge in [-0.2, -0.15) is 15.0 Å². The lowest BCUT2D eigenvalue weighted by atomic mass is 10.1. The van der Waals surface area contributed by atoms with Crippen LogP contribution in [0.4, 0.5) is 5.95 Å². The number of nitrogens with zero attached hydrogens (tertiary/aromatic N) is 3. The first-order chi connectivity index (χ1) is 9.43. The van der Waals surface area contributed by atoms with Gasteiger partial charge in [0.2, 0.25) is 11.2 Å². The number of aromatic nitrogens is 3. The van der Waals surface area contributed by atoms with Crippen LogP contribution in [0.3, 0.4) is 0 Å². The molecule has 112 valence electrons. The molecular weight excluding hydrogens is 284 g/mol. The average Bonchev–Trinajstić information content (AvgIpc) is 2.35. The maximum Gasteiger partial charge on any atom is 0.326 e. The minimum Gasteiger partial charge on any atom is -0.480 e. The summed E-state index contributed by atoms with van der Waals surface area (Å²) in [6, 6.07) is -0.717. The molecule has 20 heavy (non-hydrogen) atoms. The van der Waals surface area contributed by atoms with Crippen LogP contribution >= 0.6 is 11.6 Å². The fourth-order valence-electron chi connectivity index (χ4n) is 1.42. The standard InChI is InChI=1S/C12H19ClN4O3/c1-4-5-6-20-12-16-10(13)15-11(17-12)14-8(7(2)3)9(18)19/h7-8H,4-6H2,1-3H3,(H,18,19)(H,14,15,16,17)/t8-/m0/s1. The zero-order valence-electron chi connectivity index (χ0n) is 11.8. The predicted molar refractivity (Wildman–Crippen MR) is 75.1 cm³/mol. The summed E-state index contributed by atoms with van der Waals surface area (Å²) >= 11 is 5.78. The number of carboxylic acids is 1. The van der Waals surface area contributed by atoms with Gasteiger partial charge in [-0.25, -0.2) is 4.79 Å². The van der Waals surface area contributed by atoms with E-state index in [0.29, 0.717) is 6.61 Å². The average molecular weight is 303 g/mol. The molecule has 1 aromatic rings. The monoisotopic (exact) mass is 302 g/mol. The molecule has 0 bridgehead atoms. The summed E-state index contributed by atoms with van der Waals surface area (Å²) in [7, 11) is 0. The van der Waals surface area contributed by atoms with Gasteiger partial charge in [0.15, 0.2) is 0 Å². The number of hydrogen-bond donors (Lipinski definition) is 2. The maximum absolute atomic E-state index is 11.1. The van der Waals surface area contributed by atoms with Crippen molar-refractivity contribution in [2.24, 2.45) is 5.92 Å². The third-order valence-electron chi connectivity index (χ3n) is 2.53. The molecule has 2 N–H and O–H groups in total. The zero-order valence-corrected chi connectivity index (χ0v) is 12.5. The molecule has 0 radical (unpaired) electrons. The summed E-state index contributed by atoms with van der Waals surface area (Å²) in [4.78, 5) is 22.8. The third kappa shape index (κ3) is 5.16. The maximum atomic E-state index is 11.1. The molecule has 1 heterocycles. The Morgan fingerprint density at radius 1 is 1.40 bits per heavy atom. The number of carboxylic acid groups (broad SMARTS) is 1. The Balaban J connectivity index is 2.81. The number of rotatable bonds is 8. The van der Waals surface area contributed by atoms with Crippen molar-refractivity contribution >= 4 is 23.5 Å². The number of unbranched alkanes of at least 4 members (excludes halogenated alkanes) is 1. The number of carbonyl (C=O) groups is 1. The van der Waals surface area contributed by atoms with Crippen molar-refractivity contribution in [1.29, 1.82) is 0 Å². The third-order valence-corrected chi connectivity index (χ3v) is 2.70. The molecule has 0 fully saturated rings. The number of aliphatic carboxylic acids is 1. The normalized spacial score (nSPS) is 12.2. The summed E-state index contributed by atoms with van der Waals surface area (Å²) in [6.07, 6.45) is 1.86. The second-order valence-corrected chi connectivity index (χ2v) is 4.95. The summed E-state index contributed by atoms with van der Waals surface area (Å²) in [5, 5.41) is 11.8. The first kappa shape index (κ1) is 16.4.